The summed E-state index contributed by atoms with van der Waals surface area (Å²) < 4.78 is 21.7. The standard InChI is InChI=1S/C23H31NO9/c1-7-17-20(31-14(3)25)13(2)23(5,33-15(4)26)22(29)30-12-16-8-10-24(6)11-9-18(19(16)27)32-21(17)28/h7-8,13,18,20H,9-12H2,1-6H3/b16-8-,17-7-/t13-,18-,20-,23-/m0/s1. The number of carbonyl (C=O) groups is 5. The number of fused-ring (bicyclic) bond motifs is 2. The first-order chi connectivity index (χ1) is 15.4. The van der Waals surface area contributed by atoms with Gasteiger partial charge in [0.2, 0.25) is 11.4 Å². The molecule has 10 heteroatoms. The van der Waals surface area contributed by atoms with Gasteiger partial charge in [-0.15, -0.1) is 0 Å². The number of Topliss-reactive ketones (excluding diaryl/α,β-unsaturated/α-hetero) is 1. The SMILES string of the molecule is C/C=C1\C(=O)O[C@H]2CCN(C)C/C=C(/COC(=O)[C@@](C)(OC(C)=O)[C@@H](C)[C@@H]1OC(C)=O)C2=O. The summed E-state index contributed by atoms with van der Waals surface area (Å²) in [5.41, 5.74) is -1.84. The minimum absolute atomic E-state index is 0.0850. The lowest BCUT2D eigenvalue weighted by Crippen LogP contribution is -2.53. The molecular weight excluding hydrogens is 434 g/mol. The zero-order chi connectivity index (χ0) is 24.9. The van der Waals surface area contributed by atoms with Gasteiger partial charge in [-0.3, -0.25) is 14.4 Å². The van der Waals surface area contributed by atoms with Crippen molar-refractivity contribution in [2.75, 3.05) is 26.7 Å². The lowest BCUT2D eigenvalue weighted by Gasteiger charge is -2.37. The van der Waals surface area contributed by atoms with E-state index in [2.05, 4.69) is 0 Å². The van der Waals surface area contributed by atoms with E-state index in [9.17, 15) is 24.0 Å². The van der Waals surface area contributed by atoms with Crippen molar-refractivity contribution < 1.29 is 42.9 Å². The lowest BCUT2D eigenvalue weighted by atomic mass is 9.82. The lowest BCUT2D eigenvalue weighted by molar-refractivity contribution is -0.192. The van der Waals surface area contributed by atoms with Gasteiger partial charge in [-0.2, -0.15) is 0 Å². The Kier molecular flexibility index (Phi) is 8.54. The maximum atomic E-state index is 13.2. The second kappa shape index (κ2) is 10.7. The van der Waals surface area contributed by atoms with Crippen LogP contribution in [0.1, 0.15) is 41.0 Å². The van der Waals surface area contributed by atoms with Gasteiger partial charge in [-0.25, -0.2) is 9.59 Å². The fraction of sp³-hybridized carbons (Fsp3) is 0.609. The maximum Gasteiger partial charge on any atom is 0.351 e. The minimum atomic E-state index is -1.93. The number of ketones is 1. The van der Waals surface area contributed by atoms with E-state index < -0.39 is 60.0 Å². The molecule has 1 fully saturated rings. The van der Waals surface area contributed by atoms with E-state index in [1.54, 1.807) is 6.08 Å². The van der Waals surface area contributed by atoms with Crippen LogP contribution in [0, 0.1) is 5.92 Å². The van der Waals surface area contributed by atoms with Crippen molar-refractivity contribution in [2.45, 2.75) is 58.8 Å². The molecular formula is C23H31NO9. The molecule has 2 aliphatic heterocycles. The van der Waals surface area contributed by atoms with E-state index >= 15 is 0 Å². The van der Waals surface area contributed by atoms with Crippen molar-refractivity contribution in [3.05, 3.63) is 23.3 Å². The molecule has 0 radical (unpaired) electrons. The molecule has 0 amide bonds. The molecule has 182 valence electrons. The number of allylic oxidation sites excluding steroid dienone is 1. The quantitative estimate of drug-likeness (QED) is 0.333. The largest absolute Gasteiger partial charge is 0.458 e. The summed E-state index contributed by atoms with van der Waals surface area (Å²) in [5, 5.41) is 0. The van der Waals surface area contributed by atoms with Crippen LogP contribution in [0.15, 0.2) is 23.3 Å². The summed E-state index contributed by atoms with van der Waals surface area (Å²) in [6.07, 6.45) is 0.827. The fourth-order valence-corrected chi connectivity index (χ4v) is 3.78. The molecule has 2 heterocycles. The Balaban J connectivity index is 2.64. The Morgan fingerprint density at radius 1 is 1.21 bits per heavy atom. The van der Waals surface area contributed by atoms with E-state index in [1.807, 2.05) is 11.9 Å². The average molecular weight is 465 g/mol. The van der Waals surface area contributed by atoms with Crippen LogP contribution in [0.4, 0.5) is 0 Å². The van der Waals surface area contributed by atoms with Crippen molar-refractivity contribution in [1.82, 2.24) is 4.90 Å². The molecule has 2 aliphatic rings. The Hall–Kier alpha value is -3.01. The molecule has 4 atom stereocenters. The third-order valence-corrected chi connectivity index (χ3v) is 5.87. The smallest absolute Gasteiger partial charge is 0.351 e. The van der Waals surface area contributed by atoms with Gasteiger partial charge in [0.15, 0.2) is 6.10 Å². The second-order valence-corrected chi connectivity index (χ2v) is 8.38. The first-order valence-corrected chi connectivity index (χ1v) is 10.7. The Bertz CT molecular complexity index is 890. The highest BCUT2D eigenvalue weighted by Gasteiger charge is 2.51. The van der Waals surface area contributed by atoms with Crippen LogP contribution in [0.2, 0.25) is 0 Å². The highest BCUT2D eigenvalue weighted by molar-refractivity contribution is 6.02. The van der Waals surface area contributed by atoms with Crippen LogP contribution >= 0.6 is 0 Å². The summed E-state index contributed by atoms with van der Waals surface area (Å²) in [6, 6.07) is 0. The number of esters is 4. The number of ether oxygens (including phenoxy) is 4. The summed E-state index contributed by atoms with van der Waals surface area (Å²) in [5.74, 6) is -4.81. The number of hydrogen-bond donors (Lipinski definition) is 0. The highest BCUT2D eigenvalue weighted by Crippen LogP contribution is 2.33. The second-order valence-electron chi connectivity index (χ2n) is 8.38. The average Bonchev–Trinajstić information content (AvgIpc) is 2.72. The van der Waals surface area contributed by atoms with Gasteiger partial charge in [-0.05, 0) is 20.9 Å². The van der Waals surface area contributed by atoms with Crippen LogP contribution < -0.4 is 0 Å². The van der Waals surface area contributed by atoms with Gasteiger partial charge >= 0.3 is 23.9 Å². The van der Waals surface area contributed by atoms with E-state index in [-0.39, 0.29) is 17.6 Å². The van der Waals surface area contributed by atoms with Gasteiger partial charge < -0.3 is 23.8 Å². The molecule has 0 unspecified atom stereocenters. The number of rotatable bonds is 2. The van der Waals surface area contributed by atoms with Gasteiger partial charge in [-0.1, -0.05) is 19.1 Å². The van der Waals surface area contributed by atoms with Crippen LogP contribution in [-0.2, 0) is 42.9 Å². The van der Waals surface area contributed by atoms with E-state index in [4.69, 9.17) is 18.9 Å². The first-order valence-electron chi connectivity index (χ1n) is 10.7. The molecule has 0 spiro atoms. The zero-order valence-electron chi connectivity index (χ0n) is 19.8. The molecule has 2 rings (SSSR count). The fourth-order valence-electron chi connectivity index (χ4n) is 3.78. The molecule has 10 nitrogen and oxygen atoms in total. The molecule has 0 aromatic heterocycles. The third-order valence-electron chi connectivity index (χ3n) is 5.87. The highest BCUT2D eigenvalue weighted by atomic mass is 16.6. The van der Waals surface area contributed by atoms with Crippen molar-refractivity contribution in [3.63, 3.8) is 0 Å². The maximum absolute atomic E-state index is 13.2. The minimum Gasteiger partial charge on any atom is -0.458 e. The number of cyclic esters (lactones) is 1. The van der Waals surface area contributed by atoms with Crippen LogP contribution in [0.5, 0.6) is 0 Å². The molecule has 0 N–H and O–H groups in total. The number of likely N-dealkylation sites (N-methyl/N-ethyl adjacent to an activating group) is 1. The molecule has 33 heavy (non-hydrogen) atoms. The normalized spacial score (nSPS) is 32.7. The predicted octanol–water partition coefficient (Wildman–Crippen LogP) is 1.12. The third kappa shape index (κ3) is 6.07. The van der Waals surface area contributed by atoms with Crippen LogP contribution in [0.25, 0.3) is 0 Å². The van der Waals surface area contributed by atoms with Crippen molar-refractivity contribution in [3.8, 4) is 0 Å². The predicted molar refractivity (Wildman–Crippen MR) is 115 cm³/mol. The zero-order valence-corrected chi connectivity index (χ0v) is 19.8. The molecule has 0 aromatic rings. The number of hydrogen-bond acceptors (Lipinski definition) is 10. The van der Waals surface area contributed by atoms with Gasteiger partial charge in [0.05, 0.1) is 5.57 Å². The number of nitrogens with zero attached hydrogens (tertiary/aromatic N) is 1. The summed E-state index contributed by atoms with van der Waals surface area (Å²) in [6.45, 7) is 7.15. The summed E-state index contributed by atoms with van der Waals surface area (Å²) in [7, 11) is 1.84. The monoisotopic (exact) mass is 465 g/mol. The summed E-state index contributed by atoms with van der Waals surface area (Å²) >= 11 is 0. The van der Waals surface area contributed by atoms with Gasteiger partial charge in [0.25, 0.3) is 0 Å². The Morgan fingerprint density at radius 2 is 1.88 bits per heavy atom. The van der Waals surface area contributed by atoms with Crippen molar-refractivity contribution in [1.29, 1.82) is 0 Å². The van der Waals surface area contributed by atoms with E-state index in [1.165, 1.54) is 26.8 Å². The molecule has 0 aromatic carbocycles. The Morgan fingerprint density at radius 3 is 2.45 bits per heavy atom. The molecule has 0 aliphatic carbocycles. The van der Waals surface area contributed by atoms with Crippen molar-refractivity contribution in [2.24, 2.45) is 5.92 Å². The van der Waals surface area contributed by atoms with Gasteiger partial charge in [0.1, 0.15) is 12.7 Å². The summed E-state index contributed by atoms with van der Waals surface area (Å²) in [4.78, 5) is 65.0. The van der Waals surface area contributed by atoms with E-state index in [0.717, 1.165) is 13.8 Å². The Labute approximate surface area is 192 Å². The molecule has 0 saturated carbocycles. The molecule has 1 saturated heterocycles. The molecule has 2 bridgehead atoms. The topological polar surface area (TPSA) is 126 Å². The van der Waals surface area contributed by atoms with Crippen LogP contribution in [0.3, 0.4) is 0 Å². The van der Waals surface area contributed by atoms with Gasteiger partial charge in [0, 0.05) is 44.8 Å². The first kappa shape index (κ1) is 26.2. The van der Waals surface area contributed by atoms with Crippen LogP contribution in [-0.4, -0.2) is 79.1 Å². The number of carbonyl (C=O) groups excluding carboxylic acids is 5. The van der Waals surface area contributed by atoms with E-state index in [0.29, 0.717) is 13.1 Å². The van der Waals surface area contributed by atoms with Crippen molar-refractivity contribution >= 4 is 29.7 Å².